The first-order valence-corrected chi connectivity index (χ1v) is 6.45. The Kier molecular flexibility index (Phi) is 4.33. The average molecular weight is 247 g/mol. The number of nitrogens with one attached hydrogen (secondary N) is 1. The number of amides is 1. The van der Waals surface area contributed by atoms with Crippen LogP contribution in [0.15, 0.2) is 30.3 Å². The molecule has 1 aromatic carbocycles. The highest BCUT2D eigenvalue weighted by molar-refractivity contribution is 5.82. The van der Waals surface area contributed by atoms with Crippen LogP contribution in [0.2, 0.25) is 0 Å². The van der Waals surface area contributed by atoms with Crippen LogP contribution in [-0.4, -0.2) is 43.0 Å². The number of carbonyl (C=O) groups is 1. The maximum atomic E-state index is 12.2. The molecule has 1 aromatic rings. The van der Waals surface area contributed by atoms with E-state index in [1.807, 2.05) is 37.4 Å². The van der Waals surface area contributed by atoms with Crippen molar-refractivity contribution >= 4 is 5.91 Å². The van der Waals surface area contributed by atoms with Gasteiger partial charge in [0.15, 0.2) is 0 Å². The van der Waals surface area contributed by atoms with Gasteiger partial charge >= 0.3 is 0 Å². The second kappa shape index (κ2) is 5.98. The number of nitrogens with two attached hydrogens (primary N) is 1. The summed E-state index contributed by atoms with van der Waals surface area (Å²) in [5.74, 6) is 0.0348. The molecule has 2 atom stereocenters. The fourth-order valence-electron chi connectivity index (χ4n) is 2.37. The molecule has 1 amide bonds. The monoisotopic (exact) mass is 247 g/mol. The molecule has 3 N–H and O–H groups in total. The fraction of sp³-hybridized carbons (Fsp3) is 0.500. The molecule has 0 aromatic heterocycles. The van der Waals surface area contributed by atoms with Crippen LogP contribution >= 0.6 is 0 Å². The summed E-state index contributed by atoms with van der Waals surface area (Å²) in [5.41, 5.74) is 7.11. The molecule has 1 aliphatic rings. The topological polar surface area (TPSA) is 58.4 Å². The Labute approximate surface area is 108 Å². The smallest absolute Gasteiger partial charge is 0.239 e. The molecule has 1 unspecified atom stereocenters. The molecule has 0 radical (unpaired) electrons. The van der Waals surface area contributed by atoms with Crippen LogP contribution in [0.4, 0.5) is 0 Å². The summed E-state index contributed by atoms with van der Waals surface area (Å²) in [7, 11) is 1.85. The minimum atomic E-state index is -0.446. The van der Waals surface area contributed by atoms with Gasteiger partial charge in [-0.1, -0.05) is 30.3 Å². The maximum Gasteiger partial charge on any atom is 0.239 e. The van der Waals surface area contributed by atoms with Gasteiger partial charge in [0.1, 0.15) is 0 Å². The van der Waals surface area contributed by atoms with Gasteiger partial charge in [0.25, 0.3) is 0 Å². The Morgan fingerprint density at radius 3 is 2.83 bits per heavy atom. The molecule has 1 fully saturated rings. The Morgan fingerprint density at radius 2 is 2.22 bits per heavy atom. The zero-order valence-corrected chi connectivity index (χ0v) is 10.8. The van der Waals surface area contributed by atoms with Gasteiger partial charge in [0.2, 0.25) is 5.91 Å². The van der Waals surface area contributed by atoms with Crippen molar-refractivity contribution in [3.63, 3.8) is 0 Å². The van der Waals surface area contributed by atoms with Crippen molar-refractivity contribution in [2.45, 2.75) is 24.9 Å². The molecule has 0 saturated carbocycles. The van der Waals surface area contributed by atoms with Crippen LogP contribution in [0.25, 0.3) is 0 Å². The number of likely N-dealkylation sites (N-methyl/N-ethyl adjacent to an activating group) is 1. The van der Waals surface area contributed by atoms with E-state index < -0.39 is 6.04 Å². The molecule has 0 aliphatic carbocycles. The lowest BCUT2D eigenvalue weighted by Crippen LogP contribution is -2.48. The van der Waals surface area contributed by atoms with Crippen molar-refractivity contribution < 1.29 is 4.79 Å². The summed E-state index contributed by atoms with van der Waals surface area (Å²) >= 11 is 0. The number of benzene rings is 1. The number of carbonyl (C=O) groups excluding carboxylic acids is 1. The highest BCUT2D eigenvalue weighted by Crippen LogP contribution is 2.09. The van der Waals surface area contributed by atoms with E-state index in [-0.39, 0.29) is 5.91 Å². The Bertz CT molecular complexity index is 387. The van der Waals surface area contributed by atoms with E-state index in [2.05, 4.69) is 5.32 Å². The molecule has 1 saturated heterocycles. The molecule has 1 heterocycles. The zero-order valence-electron chi connectivity index (χ0n) is 10.8. The van der Waals surface area contributed by atoms with E-state index in [1.165, 1.54) is 0 Å². The van der Waals surface area contributed by atoms with Crippen molar-refractivity contribution in [2.24, 2.45) is 5.73 Å². The van der Waals surface area contributed by atoms with Crippen LogP contribution in [0.3, 0.4) is 0 Å². The molecule has 0 spiro atoms. The van der Waals surface area contributed by atoms with Crippen molar-refractivity contribution in [3.05, 3.63) is 35.9 Å². The van der Waals surface area contributed by atoms with E-state index in [9.17, 15) is 4.79 Å². The third-order valence-electron chi connectivity index (χ3n) is 3.55. The van der Waals surface area contributed by atoms with Crippen LogP contribution in [0.5, 0.6) is 0 Å². The van der Waals surface area contributed by atoms with E-state index in [0.29, 0.717) is 12.5 Å². The number of hydrogen-bond acceptors (Lipinski definition) is 3. The summed E-state index contributed by atoms with van der Waals surface area (Å²) in [5, 5.41) is 3.26. The molecular formula is C14H21N3O. The predicted molar refractivity (Wildman–Crippen MR) is 72.2 cm³/mol. The molecule has 4 nitrogen and oxygen atoms in total. The van der Waals surface area contributed by atoms with E-state index in [4.69, 9.17) is 5.73 Å². The zero-order chi connectivity index (χ0) is 13.0. The second-order valence-corrected chi connectivity index (χ2v) is 4.89. The van der Waals surface area contributed by atoms with Crippen LogP contribution in [-0.2, 0) is 11.2 Å². The molecule has 4 heteroatoms. The van der Waals surface area contributed by atoms with Crippen LogP contribution < -0.4 is 11.1 Å². The SMILES string of the molecule is CN(C(=O)[C@@H](N)Cc1ccccc1)C1CCNC1. The normalized spacial score (nSPS) is 20.7. The predicted octanol–water partition coefficient (Wildman–Crippen LogP) is 0.377. The molecular weight excluding hydrogens is 226 g/mol. The number of hydrogen-bond donors (Lipinski definition) is 2. The first kappa shape index (κ1) is 13.1. The quantitative estimate of drug-likeness (QED) is 0.808. The summed E-state index contributed by atoms with van der Waals surface area (Å²) in [6.07, 6.45) is 1.62. The highest BCUT2D eigenvalue weighted by atomic mass is 16.2. The first-order valence-electron chi connectivity index (χ1n) is 6.45. The van der Waals surface area contributed by atoms with Crippen LogP contribution in [0.1, 0.15) is 12.0 Å². The van der Waals surface area contributed by atoms with Gasteiger partial charge in [-0.25, -0.2) is 0 Å². The van der Waals surface area contributed by atoms with Crippen molar-refractivity contribution in [3.8, 4) is 0 Å². The third kappa shape index (κ3) is 3.09. The lowest BCUT2D eigenvalue weighted by molar-refractivity contribution is -0.133. The minimum absolute atomic E-state index is 0.0348. The summed E-state index contributed by atoms with van der Waals surface area (Å²) in [4.78, 5) is 14.0. The summed E-state index contributed by atoms with van der Waals surface area (Å²) in [6.45, 7) is 1.86. The van der Waals surface area contributed by atoms with Gasteiger partial charge in [-0.05, 0) is 24.9 Å². The third-order valence-corrected chi connectivity index (χ3v) is 3.55. The first-order chi connectivity index (χ1) is 8.68. The number of nitrogens with zero attached hydrogens (tertiary/aromatic N) is 1. The van der Waals surface area contributed by atoms with Gasteiger partial charge in [0, 0.05) is 19.6 Å². The Hall–Kier alpha value is -1.39. The molecule has 1 aliphatic heterocycles. The van der Waals surface area contributed by atoms with Crippen molar-refractivity contribution in [2.75, 3.05) is 20.1 Å². The van der Waals surface area contributed by atoms with Gasteiger partial charge in [-0.2, -0.15) is 0 Å². The Morgan fingerprint density at radius 1 is 1.50 bits per heavy atom. The molecule has 0 bridgehead atoms. The largest absolute Gasteiger partial charge is 0.340 e. The summed E-state index contributed by atoms with van der Waals surface area (Å²) in [6, 6.07) is 9.76. The highest BCUT2D eigenvalue weighted by Gasteiger charge is 2.26. The minimum Gasteiger partial charge on any atom is -0.340 e. The van der Waals surface area contributed by atoms with Gasteiger partial charge in [-0.15, -0.1) is 0 Å². The van der Waals surface area contributed by atoms with Crippen molar-refractivity contribution in [1.29, 1.82) is 0 Å². The van der Waals surface area contributed by atoms with E-state index in [1.54, 1.807) is 4.90 Å². The standard InChI is InChI=1S/C14H21N3O/c1-17(12-7-8-16-10-12)14(18)13(15)9-11-5-3-2-4-6-11/h2-6,12-13,16H,7-10,15H2,1H3/t12?,13-/m0/s1. The van der Waals surface area contributed by atoms with Gasteiger partial charge in [-0.3, -0.25) is 4.79 Å². The van der Waals surface area contributed by atoms with Crippen LogP contribution in [0, 0.1) is 0 Å². The maximum absolute atomic E-state index is 12.2. The second-order valence-electron chi connectivity index (χ2n) is 4.89. The summed E-state index contributed by atoms with van der Waals surface area (Å²) < 4.78 is 0. The van der Waals surface area contributed by atoms with Gasteiger partial charge in [0.05, 0.1) is 6.04 Å². The molecule has 2 rings (SSSR count). The lowest BCUT2D eigenvalue weighted by Gasteiger charge is -2.26. The number of rotatable bonds is 4. The Balaban J connectivity index is 1.91. The van der Waals surface area contributed by atoms with E-state index >= 15 is 0 Å². The van der Waals surface area contributed by atoms with Crippen molar-refractivity contribution in [1.82, 2.24) is 10.2 Å². The van der Waals surface area contributed by atoms with Gasteiger partial charge < -0.3 is 16.0 Å². The fourth-order valence-corrected chi connectivity index (χ4v) is 2.37. The molecule has 18 heavy (non-hydrogen) atoms. The molecule has 98 valence electrons. The lowest BCUT2D eigenvalue weighted by atomic mass is 10.0. The average Bonchev–Trinajstić information content (AvgIpc) is 2.92. The van der Waals surface area contributed by atoms with E-state index in [0.717, 1.165) is 25.1 Å².